The number of amides is 3. The number of carboxylic acid groups (broad SMARTS) is 1. The van der Waals surface area contributed by atoms with Crippen molar-refractivity contribution in [3.63, 3.8) is 0 Å². The maximum Gasteiger partial charge on any atom is 0.325 e. The number of hydrogen-bond donors (Lipinski definition) is 2. The van der Waals surface area contributed by atoms with Gasteiger partial charge in [0.2, 0.25) is 0 Å². The van der Waals surface area contributed by atoms with Crippen molar-refractivity contribution in [3.8, 4) is 0 Å². The Labute approximate surface area is 120 Å². The van der Waals surface area contributed by atoms with E-state index in [9.17, 15) is 14.4 Å². The third-order valence-electron chi connectivity index (χ3n) is 3.45. The summed E-state index contributed by atoms with van der Waals surface area (Å²) < 4.78 is 0. The molecule has 6 nitrogen and oxygen atoms in total. The molecule has 1 saturated heterocycles. The van der Waals surface area contributed by atoms with Crippen LogP contribution in [0.1, 0.15) is 11.6 Å². The highest BCUT2D eigenvalue weighted by Gasteiger charge is 2.40. The van der Waals surface area contributed by atoms with E-state index >= 15 is 0 Å². The van der Waals surface area contributed by atoms with E-state index < -0.39 is 30.5 Å². The first-order valence-corrected chi connectivity index (χ1v) is 6.39. The number of imide groups is 1. The molecule has 6 heteroatoms. The third-order valence-corrected chi connectivity index (χ3v) is 3.45. The molecule has 2 aromatic carbocycles. The lowest BCUT2D eigenvalue weighted by Gasteiger charge is -2.12. The van der Waals surface area contributed by atoms with Crippen LogP contribution in [0.4, 0.5) is 4.79 Å². The minimum atomic E-state index is -1.22. The molecule has 2 aromatic rings. The van der Waals surface area contributed by atoms with Gasteiger partial charge in [-0.05, 0) is 16.3 Å². The lowest BCUT2D eigenvalue weighted by atomic mass is 9.99. The zero-order chi connectivity index (χ0) is 15.0. The van der Waals surface area contributed by atoms with Crippen LogP contribution >= 0.6 is 0 Å². The molecule has 0 aliphatic carbocycles. The van der Waals surface area contributed by atoms with E-state index in [1.54, 1.807) is 12.1 Å². The highest BCUT2D eigenvalue weighted by molar-refractivity contribution is 6.08. The summed E-state index contributed by atoms with van der Waals surface area (Å²) in [6, 6.07) is 11.5. The fourth-order valence-electron chi connectivity index (χ4n) is 2.52. The van der Waals surface area contributed by atoms with Crippen LogP contribution in [-0.2, 0) is 9.59 Å². The van der Waals surface area contributed by atoms with Gasteiger partial charge in [-0.25, -0.2) is 4.79 Å². The summed E-state index contributed by atoms with van der Waals surface area (Å²) in [6.07, 6.45) is 0. The first-order chi connectivity index (χ1) is 10.1. The minimum Gasteiger partial charge on any atom is -0.480 e. The smallest absolute Gasteiger partial charge is 0.325 e. The number of aliphatic carboxylic acids is 1. The summed E-state index contributed by atoms with van der Waals surface area (Å²) in [4.78, 5) is 35.5. The lowest BCUT2D eigenvalue weighted by molar-refractivity contribution is -0.141. The quantitative estimate of drug-likeness (QED) is 0.837. The number of carbonyl (C=O) groups is 3. The molecule has 21 heavy (non-hydrogen) atoms. The molecule has 1 fully saturated rings. The van der Waals surface area contributed by atoms with E-state index in [1.807, 2.05) is 30.3 Å². The van der Waals surface area contributed by atoms with E-state index in [2.05, 4.69) is 5.32 Å². The van der Waals surface area contributed by atoms with Gasteiger partial charge in [0.25, 0.3) is 5.91 Å². The average molecular weight is 284 g/mol. The molecule has 0 radical (unpaired) electrons. The minimum absolute atomic E-state index is 0.543. The van der Waals surface area contributed by atoms with Gasteiger partial charge in [0, 0.05) is 0 Å². The van der Waals surface area contributed by atoms with Crippen molar-refractivity contribution in [3.05, 3.63) is 48.0 Å². The Bertz CT molecular complexity index is 751. The van der Waals surface area contributed by atoms with Crippen molar-refractivity contribution in [2.75, 3.05) is 6.54 Å². The Kier molecular flexibility index (Phi) is 3.06. The van der Waals surface area contributed by atoms with E-state index in [1.165, 1.54) is 0 Å². The molecule has 1 aliphatic heterocycles. The number of carboxylic acids is 1. The molecule has 2 N–H and O–H groups in total. The van der Waals surface area contributed by atoms with Gasteiger partial charge >= 0.3 is 12.0 Å². The first-order valence-electron chi connectivity index (χ1n) is 6.39. The number of rotatable bonds is 3. The number of urea groups is 1. The van der Waals surface area contributed by atoms with E-state index in [0.717, 1.165) is 15.7 Å². The van der Waals surface area contributed by atoms with E-state index in [-0.39, 0.29) is 0 Å². The Morgan fingerprint density at radius 3 is 2.62 bits per heavy atom. The second kappa shape index (κ2) is 4.90. The van der Waals surface area contributed by atoms with Crippen molar-refractivity contribution in [2.45, 2.75) is 6.04 Å². The van der Waals surface area contributed by atoms with Gasteiger partial charge in [0.15, 0.2) is 0 Å². The molecule has 1 heterocycles. The molecule has 0 spiro atoms. The van der Waals surface area contributed by atoms with Crippen LogP contribution in [0.2, 0.25) is 0 Å². The summed E-state index contributed by atoms with van der Waals surface area (Å²) in [7, 11) is 0. The largest absolute Gasteiger partial charge is 0.480 e. The predicted octanol–water partition coefficient (Wildman–Crippen LogP) is 1.52. The molecule has 3 rings (SSSR count). The maximum atomic E-state index is 12.3. The number of hydrogen-bond acceptors (Lipinski definition) is 3. The van der Waals surface area contributed by atoms with Gasteiger partial charge in [0.1, 0.15) is 12.6 Å². The zero-order valence-corrected chi connectivity index (χ0v) is 10.9. The molecule has 3 amide bonds. The molecule has 0 aromatic heterocycles. The second-order valence-corrected chi connectivity index (χ2v) is 4.77. The maximum absolute atomic E-state index is 12.3. The number of nitrogens with one attached hydrogen (secondary N) is 1. The van der Waals surface area contributed by atoms with Crippen LogP contribution in [-0.4, -0.2) is 34.5 Å². The monoisotopic (exact) mass is 284 g/mol. The van der Waals surface area contributed by atoms with E-state index in [4.69, 9.17) is 5.11 Å². The highest BCUT2D eigenvalue weighted by Crippen LogP contribution is 2.28. The standard InChI is InChI=1S/C15H12N2O4/c18-12(19)8-17-14(20)13(16-15(17)21)11-7-3-5-9-4-1-2-6-10(9)11/h1-7,13H,8H2,(H,16,21)(H,18,19)/t13-/m0/s1. The van der Waals surface area contributed by atoms with Crippen molar-refractivity contribution >= 4 is 28.7 Å². The Hall–Kier alpha value is -2.89. The Morgan fingerprint density at radius 2 is 1.86 bits per heavy atom. The van der Waals surface area contributed by atoms with Gasteiger partial charge in [0.05, 0.1) is 0 Å². The summed E-state index contributed by atoms with van der Waals surface area (Å²) in [5.74, 6) is -1.77. The van der Waals surface area contributed by atoms with Crippen molar-refractivity contribution < 1.29 is 19.5 Å². The number of nitrogens with zero attached hydrogens (tertiary/aromatic N) is 1. The van der Waals surface area contributed by atoms with Crippen LogP contribution in [0.3, 0.4) is 0 Å². The number of carbonyl (C=O) groups excluding carboxylic acids is 2. The van der Waals surface area contributed by atoms with Gasteiger partial charge < -0.3 is 10.4 Å². The summed E-state index contributed by atoms with van der Waals surface area (Å²) in [5.41, 5.74) is 0.666. The molecule has 0 saturated carbocycles. The Balaban J connectivity index is 2.02. The molecule has 1 atom stereocenters. The van der Waals surface area contributed by atoms with Crippen molar-refractivity contribution in [1.29, 1.82) is 0 Å². The third kappa shape index (κ3) is 2.20. The Morgan fingerprint density at radius 1 is 1.14 bits per heavy atom. The highest BCUT2D eigenvalue weighted by atomic mass is 16.4. The van der Waals surface area contributed by atoms with Crippen LogP contribution in [0, 0.1) is 0 Å². The van der Waals surface area contributed by atoms with Gasteiger partial charge in [-0.15, -0.1) is 0 Å². The average Bonchev–Trinajstić information content (AvgIpc) is 2.74. The van der Waals surface area contributed by atoms with Gasteiger partial charge in [-0.3, -0.25) is 14.5 Å². The summed E-state index contributed by atoms with van der Waals surface area (Å²) in [5, 5.41) is 13.1. The summed E-state index contributed by atoms with van der Waals surface area (Å²) >= 11 is 0. The molecule has 0 bridgehead atoms. The van der Waals surface area contributed by atoms with Gasteiger partial charge in [-0.1, -0.05) is 42.5 Å². The molecule has 106 valence electrons. The summed E-state index contributed by atoms with van der Waals surface area (Å²) in [6.45, 7) is -0.633. The predicted molar refractivity (Wildman–Crippen MR) is 74.6 cm³/mol. The molecule has 1 aliphatic rings. The van der Waals surface area contributed by atoms with Crippen LogP contribution < -0.4 is 5.32 Å². The molecule has 0 unspecified atom stereocenters. The van der Waals surface area contributed by atoms with Crippen molar-refractivity contribution in [1.82, 2.24) is 10.2 Å². The molecular formula is C15H12N2O4. The van der Waals surface area contributed by atoms with Crippen LogP contribution in [0.15, 0.2) is 42.5 Å². The fourth-order valence-corrected chi connectivity index (χ4v) is 2.52. The number of fused-ring (bicyclic) bond motifs is 1. The number of benzene rings is 2. The van der Waals surface area contributed by atoms with E-state index in [0.29, 0.717) is 5.56 Å². The zero-order valence-electron chi connectivity index (χ0n) is 10.9. The fraction of sp³-hybridized carbons (Fsp3) is 0.133. The first kappa shape index (κ1) is 13.1. The van der Waals surface area contributed by atoms with Gasteiger partial charge in [-0.2, -0.15) is 0 Å². The normalized spacial score (nSPS) is 18.1. The SMILES string of the molecule is O=C(O)CN1C(=O)N[C@@H](c2cccc3ccccc23)C1=O. The van der Waals surface area contributed by atoms with Crippen LogP contribution in [0.5, 0.6) is 0 Å². The lowest BCUT2D eigenvalue weighted by Crippen LogP contribution is -2.35. The molecular weight excluding hydrogens is 272 g/mol. The van der Waals surface area contributed by atoms with Crippen molar-refractivity contribution in [2.24, 2.45) is 0 Å². The topological polar surface area (TPSA) is 86.7 Å². The second-order valence-electron chi connectivity index (χ2n) is 4.77. The van der Waals surface area contributed by atoms with Crippen LogP contribution in [0.25, 0.3) is 10.8 Å².